The summed E-state index contributed by atoms with van der Waals surface area (Å²) in [5, 5.41) is 22.6. The molecule has 7 nitrogen and oxygen atoms in total. The van der Waals surface area contributed by atoms with Crippen LogP contribution in [0.4, 0.5) is 0 Å². The van der Waals surface area contributed by atoms with Crippen molar-refractivity contribution < 1.29 is 9.90 Å². The van der Waals surface area contributed by atoms with Gasteiger partial charge >= 0.3 is 0 Å². The fraction of sp³-hybridized carbons (Fsp3) is 0.750. The quantitative estimate of drug-likeness (QED) is 0.688. The molecule has 1 saturated heterocycles. The number of piperidine rings is 1. The second-order valence-electron chi connectivity index (χ2n) is 5.10. The van der Waals surface area contributed by atoms with Crippen LogP contribution in [0.25, 0.3) is 0 Å². The Hall–Kier alpha value is -1.47. The summed E-state index contributed by atoms with van der Waals surface area (Å²) in [5.41, 5.74) is 0.479. The van der Waals surface area contributed by atoms with Crippen LogP contribution < -0.4 is 5.32 Å². The van der Waals surface area contributed by atoms with Gasteiger partial charge in [0, 0.05) is 18.7 Å². The Kier molecular flexibility index (Phi) is 4.86. The number of carbonyl (C=O) groups is 1. The standard InChI is InChI=1S/C12H21N5O2/c1-17-6-4-9(5-7-17)14-12(19)3-2-11(18)10-8-13-16-15-10/h8-9,11,18H,2-7H2,1H3,(H,14,19)(H,13,15,16). The first kappa shape index (κ1) is 14.0. The molecule has 0 radical (unpaired) electrons. The number of hydrogen-bond acceptors (Lipinski definition) is 5. The number of aliphatic hydroxyl groups is 1. The van der Waals surface area contributed by atoms with E-state index in [9.17, 15) is 9.90 Å². The van der Waals surface area contributed by atoms with E-state index in [1.807, 2.05) is 0 Å². The zero-order valence-corrected chi connectivity index (χ0v) is 11.2. The smallest absolute Gasteiger partial charge is 0.220 e. The fourth-order valence-electron chi connectivity index (χ4n) is 2.24. The molecule has 2 heterocycles. The van der Waals surface area contributed by atoms with Crippen molar-refractivity contribution in [1.82, 2.24) is 25.6 Å². The Morgan fingerprint density at radius 3 is 3.00 bits per heavy atom. The maximum atomic E-state index is 11.8. The molecule has 0 saturated carbocycles. The third-order valence-corrected chi connectivity index (χ3v) is 3.51. The van der Waals surface area contributed by atoms with Crippen molar-refractivity contribution in [2.24, 2.45) is 0 Å². The monoisotopic (exact) mass is 267 g/mol. The average Bonchev–Trinajstić information content (AvgIpc) is 2.93. The first-order valence-electron chi connectivity index (χ1n) is 6.67. The van der Waals surface area contributed by atoms with E-state index < -0.39 is 6.10 Å². The first-order chi connectivity index (χ1) is 9.15. The van der Waals surface area contributed by atoms with E-state index in [1.165, 1.54) is 0 Å². The molecule has 1 unspecified atom stereocenters. The van der Waals surface area contributed by atoms with Crippen LogP contribution in [0.1, 0.15) is 37.5 Å². The van der Waals surface area contributed by atoms with Gasteiger partial charge in [0.05, 0.1) is 6.10 Å². The van der Waals surface area contributed by atoms with Crippen molar-refractivity contribution in [1.29, 1.82) is 0 Å². The van der Waals surface area contributed by atoms with Gasteiger partial charge in [-0.2, -0.15) is 0 Å². The number of hydrogen-bond donors (Lipinski definition) is 3. The molecule has 0 bridgehead atoms. The highest BCUT2D eigenvalue weighted by molar-refractivity contribution is 5.76. The lowest BCUT2D eigenvalue weighted by Gasteiger charge is -2.29. The van der Waals surface area contributed by atoms with Gasteiger partial charge in [0.1, 0.15) is 5.69 Å². The summed E-state index contributed by atoms with van der Waals surface area (Å²) in [6.07, 6.45) is 3.47. The molecule has 0 spiro atoms. The second-order valence-corrected chi connectivity index (χ2v) is 5.10. The van der Waals surface area contributed by atoms with Crippen LogP contribution in [0.3, 0.4) is 0 Å². The summed E-state index contributed by atoms with van der Waals surface area (Å²) < 4.78 is 0. The summed E-state index contributed by atoms with van der Waals surface area (Å²) in [5.74, 6) is -0.00269. The molecule has 2 rings (SSSR count). The lowest BCUT2D eigenvalue weighted by atomic mass is 10.0. The van der Waals surface area contributed by atoms with Crippen LogP contribution in [0.15, 0.2) is 6.20 Å². The van der Waals surface area contributed by atoms with Crippen LogP contribution in [-0.4, -0.2) is 57.5 Å². The molecular weight excluding hydrogens is 246 g/mol. The van der Waals surface area contributed by atoms with Gasteiger partial charge < -0.3 is 15.3 Å². The van der Waals surface area contributed by atoms with E-state index >= 15 is 0 Å². The van der Waals surface area contributed by atoms with Gasteiger partial charge in [-0.15, -0.1) is 5.10 Å². The summed E-state index contributed by atoms with van der Waals surface area (Å²) in [7, 11) is 2.09. The highest BCUT2D eigenvalue weighted by Crippen LogP contribution is 2.15. The summed E-state index contributed by atoms with van der Waals surface area (Å²) in [4.78, 5) is 14.0. The molecule has 0 aliphatic carbocycles. The lowest BCUT2D eigenvalue weighted by molar-refractivity contribution is -0.122. The van der Waals surface area contributed by atoms with Gasteiger partial charge in [0.15, 0.2) is 0 Å². The SMILES string of the molecule is CN1CCC(NC(=O)CCC(O)c2c[nH]nn2)CC1. The zero-order valence-electron chi connectivity index (χ0n) is 11.2. The maximum Gasteiger partial charge on any atom is 0.220 e. The Morgan fingerprint density at radius 1 is 1.63 bits per heavy atom. The van der Waals surface area contributed by atoms with Crippen molar-refractivity contribution >= 4 is 5.91 Å². The van der Waals surface area contributed by atoms with Crippen LogP contribution >= 0.6 is 0 Å². The van der Waals surface area contributed by atoms with Crippen molar-refractivity contribution in [2.75, 3.05) is 20.1 Å². The summed E-state index contributed by atoms with van der Waals surface area (Å²) in [6.45, 7) is 2.04. The largest absolute Gasteiger partial charge is 0.387 e. The van der Waals surface area contributed by atoms with E-state index in [1.54, 1.807) is 6.20 Å². The molecule has 0 aromatic carbocycles. The number of nitrogens with one attached hydrogen (secondary N) is 2. The number of H-pyrrole nitrogens is 1. The van der Waals surface area contributed by atoms with Gasteiger partial charge in [0.2, 0.25) is 5.91 Å². The molecule has 1 aliphatic heterocycles. The molecule has 1 fully saturated rings. The van der Waals surface area contributed by atoms with Gasteiger partial charge in [0.25, 0.3) is 0 Å². The topological polar surface area (TPSA) is 94.1 Å². The predicted molar refractivity (Wildman–Crippen MR) is 69.2 cm³/mol. The first-order valence-corrected chi connectivity index (χ1v) is 6.67. The maximum absolute atomic E-state index is 11.8. The molecule has 3 N–H and O–H groups in total. The number of aromatic amines is 1. The van der Waals surface area contributed by atoms with Gasteiger partial charge in [-0.1, -0.05) is 5.21 Å². The highest BCUT2D eigenvalue weighted by Gasteiger charge is 2.19. The number of aromatic nitrogens is 3. The van der Waals surface area contributed by atoms with Gasteiger partial charge in [-0.05, 0) is 39.4 Å². The minimum Gasteiger partial charge on any atom is -0.387 e. The summed E-state index contributed by atoms with van der Waals surface area (Å²) >= 11 is 0. The molecule has 1 atom stereocenters. The van der Waals surface area contributed by atoms with E-state index in [-0.39, 0.29) is 11.9 Å². The fourth-order valence-corrected chi connectivity index (χ4v) is 2.24. The Bertz CT molecular complexity index is 387. The molecule has 1 aromatic heterocycles. The third-order valence-electron chi connectivity index (χ3n) is 3.51. The van der Waals surface area contributed by atoms with Crippen molar-refractivity contribution in [3.8, 4) is 0 Å². The van der Waals surface area contributed by atoms with E-state index in [2.05, 4.69) is 32.7 Å². The van der Waals surface area contributed by atoms with Crippen molar-refractivity contribution in [2.45, 2.75) is 37.8 Å². The summed E-state index contributed by atoms with van der Waals surface area (Å²) in [6, 6.07) is 0.271. The third kappa shape index (κ3) is 4.29. The van der Waals surface area contributed by atoms with Crippen LogP contribution in [-0.2, 0) is 4.79 Å². The zero-order chi connectivity index (χ0) is 13.7. The number of nitrogens with zero attached hydrogens (tertiary/aromatic N) is 3. The number of aliphatic hydroxyl groups excluding tert-OH is 1. The molecule has 1 aliphatic rings. The van der Waals surface area contributed by atoms with Crippen molar-refractivity contribution in [3.05, 3.63) is 11.9 Å². The van der Waals surface area contributed by atoms with E-state index in [4.69, 9.17) is 0 Å². The number of carbonyl (C=O) groups excluding carboxylic acids is 1. The normalized spacial score (nSPS) is 19.3. The Morgan fingerprint density at radius 2 is 2.37 bits per heavy atom. The molecule has 19 heavy (non-hydrogen) atoms. The minimum atomic E-state index is -0.734. The van der Waals surface area contributed by atoms with Crippen LogP contribution in [0.5, 0.6) is 0 Å². The lowest BCUT2D eigenvalue weighted by Crippen LogP contribution is -2.43. The molecular formula is C12H21N5O2. The predicted octanol–water partition coefficient (Wildman–Crippen LogP) is -0.171. The number of likely N-dealkylation sites (tertiary alicyclic amines) is 1. The molecule has 7 heteroatoms. The minimum absolute atomic E-state index is 0.00269. The van der Waals surface area contributed by atoms with E-state index in [0.29, 0.717) is 18.5 Å². The molecule has 1 aromatic rings. The van der Waals surface area contributed by atoms with Crippen LogP contribution in [0.2, 0.25) is 0 Å². The number of amides is 1. The van der Waals surface area contributed by atoms with Gasteiger partial charge in [-0.3, -0.25) is 9.89 Å². The highest BCUT2D eigenvalue weighted by atomic mass is 16.3. The van der Waals surface area contributed by atoms with Crippen molar-refractivity contribution in [3.63, 3.8) is 0 Å². The average molecular weight is 267 g/mol. The second kappa shape index (κ2) is 6.63. The van der Waals surface area contributed by atoms with Crippen LogP contribution in [0, 0.1) is 0 Å². The number of rotatable bonds is 5. The molecule has 1 amide bonds. The molecule has 106 valence electrons. The van der Waals surface area contributed by atoms with Gasteiger partial charge in [-0.25, -0.2) is 0 Å². The Labute approximate surface area is 112 Å². The van der Waals surface area contributed by atoms with E-state index in [0.717, 1.165) is 25.9 Å². The Balaban J connectivity index is 1.67.